The minimum absolute atomic E-state index is 0.0530. The number of amides is 1. The Morgan fingerprint density at radius 1 is 1.33 bits per heavy atom. The molecule has 0 unspecified atom stereocenters. The van der Waals surface area contributed by atoms with Gasteiger partial charge in [-0.3, -0.25) is 9.48 Å². The summed E-state index contributed by atoms with van der Waals surface area (Å²) in [6.45, 7) is 5.75. The van der Waals surface area contributed by atoms with Crippen LogP contribution in [0.1, 0.15) is 46.9 Å². The molecule has 0 spiro atoms. The monoisotopic (exact) mass is 390 g/mol. The van der Waals surface area contributed by atoms with Gasteiger partial charge in [-0.2, -0.15) is 5.10 Å². The number of unbranched alkanes of at least 4 members (excludes halogenated alkanes) is 1. The molecule has 1 amide bonds. The highest BCUT2D eigenvalue weighted by Gasteiger charge is 2.28. The molecule has 0 radical (unpaired) electrons. The highest BCUT2D eigenvalue weighted by Crippen LogP contribution is 2.27. The fraction of sp³-hybridized carbons (Fsp3) is 0.474. The van der Waals surface area contributed by atoms with Crippen molar-refractivity contribution >= 4 is 15.9 Å². The summed E-state index contributed by atoms with van der Waals surface area (Å²) >= 11 is 0. The van der Waals surface area contributed by atoms with Crippen LogP contribution in [0.4, 0.5) is 0 Å². The largest absolute Gasteiger partial charge is 0.334 e. The van der Waals surface area contributed by atoms with Gasteiger partial charge < -0.3 is 4.90 Å². The highest BCUT2D eigenvalue weighted by molar-refractivity contribution is 7.89. The normalized spacial score (nSPS) is 14.3. The zero-order valence-electron chi connectivity index (χ0n) is 16.0. The Morgan fingerprint density at radius 3 is 2.81 bits per heavy atom. The molecule has 1 aromatic carbocycles. The topological polar surface area (TPSA) is 84.3 Å². The van der Waals surface area contributed by atoms with Crippen LogP contribution >= 0.6 is 0 Å². The number of benzene rings is 1. The number of hydrogen-bond donors (Lipinski definition) is 1. The Labute approximate surface area is 160 Å². The first-order valence-corrected chi connectivity index (χ1v) is 10.7. The molecule has 2 aromatic rings. The van der Waals surface area contributed by atoms with Crippen molar-refractivity contribution in [3.8, 4) is 0 Å². The lowest BCUT2D eigenvalue weighted by molar-refractivity contribution is 0.0733. The van der Waals surface area contributed by atoms with Crippen LogP contribution in [0, 0.1) is 6.92 Å². The maximum atomic E-state index is 13.0. The molecule has 1 N–H and O–H groups in total. The van der Waals surface area contributed by atoms with Gasteiger partial charge in [0, 0.05) is 25.3 Å². The summed E-state index contributed by atoms with van der Waals surface area (Å²) in [5.74, 6) is -0.0530. The number of nitrogens with one attached hydrogen (secondary N) is 1. The molecular weight excluding hydrogens is 364 g/mol. The number of carbonyl (C=O) groups excluding carboxylic acids is 1. The van der Waals surface area contributed by atoms with Crippen LogP contribution in [-0.2, 0) is 29.5 Å². The van der Waals surface area contributed by atoms with Gasteiger partial charge in [0.25, 0.3) is 5.91 Å². The lowest BCUT2D eigenvalue weighted by Crippen LogP contribution is -2.37. The van der Waals surface area contributed by atoms with Crippen molar-refractivity contribution in [2.24, 2.45) is 0 Å². The van der Waals surface area contributed by atoms with Crippen LogP contribution in [0.15, 0.2) is 29.3 Å². The highest BCUT2D eigenvalue weighted by atomic mass is 32.2. The fourth-order valence-electron chi connectivity index (χ4n) is 3.47. The minimum atomic E-state index is -3.51. The first kappa shape index (κ1) is 19.6. The smallest absolute Gasteiger partial charge is 0.257 e. The van der Waals surface area contributed by atoms with E-state index in [4.69, 9.17) is 0 Å². The van der Waals surface area contributed by atoms with E-state index < -0.39 is 10.0 Å². The number of sulfonamides is 1. The quantitative estimate of drug-likeness (QED) is 0.819. The van der Waals surface area contributed by atoms with E-state index in [0.717, 1.165) is 36.2 Å². The number of fused-ring (bicyclic) bond motifs is 1. The summed E-state index contributed by atoms with van der Waals surface area (Å²) in [5.41, 5.74) is 3.17. The van der Waals surface area contributed by atoms with Crippen molar-refractivity contribution in [1.29, 1.82) is 0 Å². The van der Waals surface area contributed by atoms with Crippen molar-refractivity contribution < 1.29 is 13.2 Å². The molecule has 1 aliphatic rings. The number of nitrogens with zero attached hydrogens (tertiary/aromatic N) is 3. The van der Waals surface area contributed by atoms with Crippen LogP contribution in [0.3, 0.4) is 0 Å². The van der Waals surface area contributed by atoms with E-state index in [9.17, 15) is 13.2 Å². The van der Waals surface area contributed by atoms with E-state index in [0.29, 0.717) is 30.0 Å². The van der Waals surface area contributed by atoms with E-state index in [1.165, 1.54) is 7.05 Å². The first-order valence-electron chi connectivity index (χ1n) is 9.25. The molecule has 27 heavy (non-hydrogen) atoms. The summed E-state index contributed by atoms with van der Waals surface area (Å²) in [7, 11) is -2.10. The average molecular weight is 391 g/mol. The van der Waals surface area contributed by atoms with Gasteiger partial charge in [0.1, 0.15) is 0 Å². The summed E-state index contributed by atoms with van der Waals surface area (Å²) in [5, 5.41) is 4.35. The van der Waals surface area contributed by atoms with E-state index in [1.807, 2.05) is 17.7 Å². The number of rotatable bonds is 6. The van der Waals surface area contributed by atoms with E-state index in [-0.39, 0.29) is 5.91 Å². The molecule has 8 heteroatoms. The second-order valence-electron chi connectivity index (χ2n) is 6.80. The third-order valence-corrected chi connectivity index (χ3v) is 6.62. The summed E-state index contributed by atoms with van der Waals surface area (Å²) in [6.07, 6.45) is 4.26. The van der Waals surface area contributed by atoms with Gasteiger partial charge >= 0.3 is 0 Å². The van der Waals surface area contributed by atoms with Crippen molar-refractivity contribution in [2.45, 2.75) is 51.1 Å². The molecule has 1 aliphatic heterocycles. The number of hydrogen-bond acceptors (Lipinski definition) is 4. The summed E-state index contributed by atoms with van der Waals surface area (Å²) in [4.78, 5) is 15.1. The van der Waals surface area contributed by atoms with Gasteiger partial charge in [0.05, 0.1) is 16.7 Å². The Morgan fingerprint density at radius 2 is 2.11 bits per heavy atom. The lowest BCUT2D eigenvalue weighted by atomic mass is 9.99. The van der Waals surface area contributed by atoms with Crippen LogP contribution < -0.4 is 4.72 Å². The van der Waals surface area contributed by atoms with Crippen LogP contribution in [0.2, 0.25) is 0 Å². The Kier molecular flexibility index (Phi) is 5.67. The van der Waals surface area contributed by atoms with Crippen LogP contribution in [0.25, 0.3) is 0 Å². The third kappa shape index (κ3) is 3.77. The molecule has 0 saturated heterocycles. The average Bonchev–Trinajstić information content (AvgIpc) is 3.05. The molecule has 1 aromatic heterocycles. The van der Waals surface area contributed by atoms with E-state index in [2.05, 4.69) is 16.7 Å². The third-order valence-electron chi connectivity index (χ3n) is 5.13. The van der Waals surface area contributed by atoms with Crippen molar-refractivity contribution in [3.05, 3.63) is 46.8 Å². The van der Waals surface area contributed by atoms with Crippen LogP contribution in [0.5, 0.6) is 0 Å². The molecule has 0 fully saturated rings. The Balaban J connectivity index is 1.84. The lowest BCUT2D eigenvalue weighted by Gasteiger charge is -2.30. The molecular formula is C19H26N4O3S. The van der Waals surface area contributed by atoms with Gasteiger partial charge in [-0.15, -0.1) is 0 Å². The summed E-state index contributed by atoms with van der Waals surface area (Å²) in [6, 6.07) is 5.23. The zero-order valence-corrected chi connectivity index (χ0v) is 16.8. The standard InChI is InChI=1S/C19H26N4O3S/c1-4-5-10-23-14(2)17(12-21-23)19(24)22-11-9-16-15(13-22)7-6-8-18(16)27(25,26)20-3/h6-8,12,20H,4-5,9-11,13H2,1-3H3. The zero-order chi connectivity index (χ0) is 19.6. The van der Waals surface area contributed by atoms with Crippen molar-refractivity contribution in [2.75, 3.05) is 13.6 Å². The molecule has 7 nitrogen and oxygen atoms in total. The number of carbonyl (C=O) groups is 1. The number of aryl methyl sites for hydroxylation is 1. The van der Waals surface area contributed by atoms with Crippen molar-refractivity contribution in [3.63, 3.8) is 0 Å². The summed E-state index contributed by atoms with van der Waals surface area (Å²) < 4.78 is 28.7. The molecule has 0 saturated carbocycles. The van der Waals surface area contributed by atoms with E-state index in [1.54, 1.807) is 23.2 Å². The molecule has 3 rings (SSSR count). The second kappa shape index (κ2) is 7.82. The van der Waals surface area contributed by atoms with E-state index >= 15 is 0 Å². The van der Waals surface area contributed by atoms with Gasteiger partial charge in [0.2, 0.25) is 10.0 Å². The van der Waals surface area contributed by atoms with Crippen LogP contribution in [-0.4, -0.2) is 42.6 Å². The van der Waals surface area contributed by atoms with Gasteiger partial charge in [0.15, 0.2) is 0 Å². The molecule has 2 heterocycles. The van der Waals surface area contributed by atoms with Gasteiger partial charge in [-0.25, -0.2) is 13.1 Å². The molecule has 0 atom stereocenters. The molecule has 0 aliphatic carbocycles. The fourth-order valence-corrected chi connectivity index (χ4v) is 4.50. The predicted molar refractivity (Wildman–Crippen MR) is 103 cm³/mol. The molecule has 146 valence electrons. The molecule has 0 bridgehead atoms. The first-order chi connectivity index (χ1) is 12.9. The maximum Gasteiger partial charge on any atom is 0.257 e. The van der Waals surface area contributed by atoms with Gasteiger partial charge in [-0.05, 0) is 44.0 Å². The van der Waals surface area contributed by atoms with Crippen molar-refractivity contribution in [1.82, 2.24) is 19.4 Å². The number of aromatic nitrogens is 2. The predicted octanol–water partition coefficient (Wildman–Crippen LogP) is 2.10. The van der Waals surface area contributed by atoms with Gasteiger partial charge in [-0.1, -0.05) is 25.5 Å². The SMILES string of the molecule is CCCCn1ncc(C(=O)N2CCc3c(cccc3S(=O)(=O)NC)C2)c1C. The Hall–Kier alpha value is -2.19. The Bertz CT molecular complexity index is 950. The second-order valence-corrected chi connectivity index (χ2v) is 8.65. The minimum Gasteiger partial charge on any atom is -0.334 e. The maximum absolute atomic E-state index is 13.0.